The van der Waals surface area contributed by atoms with E-state index in [9.17, 15) is 4.79 Å². The number of benzene rings is 1. The summed E-state index contributed by atoms with van der Waals surface area (Å²) in [6.45, 7) is 1.97. The molecule has 0 unspecified atom stereocenters. The Hall–Kier alpha value is -2.77. The highest BCUT2D eigenvalue weighted by atomic mass is 32.1. The van der Waals surface area contributed by atoms with Gasteiger partial charge in [-0.05, 0) is 42.4 Å². The third kappa shape index (κ3) is 4.25. The highest BCUT2D eigenvalue weighted by molar-refractivity contribution is 7.80. The van der Waals surface area contributed by atoms with Gasteiger partial charge in [-0.15, -0.1) is 11.3 Å². The maximum Gasteiger partial charge on any atom is 0.340 e. The Kier molecular flexibility index (Phi) is 5.60. The van der Waals surface area contributed by atoms with Crippen LogP contribution in [0.5, 0.6) is 0 Å². The SMILES string of the molecule is COC(=O)c1cc(-c2ccccc2)sc1NC(=S)Nc1ccc(C)cn1. The molecule has 0 aliphatic heterocycles. The molecular weight excluding hydrogens is 366 g/mol. The first-order chi connectivity index (χ1) is 12.6. The number of hydrogen-bond acceptors (Lipinski definition) is 5. The molecule has 132 valence electrons. The quantitative estimate of drug-likeness (QED) is 0.502. The number of esters is 1. The van der Waals surface area contributed by atoms with Gasteiger partial charge in [-0.3, -0.25) is 0 Å². The molecule has 0 spiro atoms. The lowest BCUT2D eigenvalue weighted by Crippen LogP contribution is -2.20. The van der Waals surface area contributed by atoms with Crippen LogP contribution in [0.3, 0.4) is 0 Å². The van der Waals surface area contributed by atoms with Gasteiger partial charge < -0.3 is 15.4 Å². The fraction of sp³-hybridized carbons (Fsp3) is 0.105. The summed E-state index contributed by atoms with van der Waals surface area (Å²) in [5, 5.41) is 7.07. The minimum atomic E-state index is -0.415. The molecule has 0 aliphatic carbocycles. The van der Waals surface area contributed by atoms with Crippen molar-refractivity contribution < 1.29 is 9.53 Å². The first kappa shape index (κ1) is 18.0. The van der Waals surface area contributed by atoms with Crippen molar-refractivity contribution in [2.45, 2.75) is 6.92 Å². The number of pyridine rings is 1. The average molecular weight is 383 g/mol. The molecule has 0 bridgehead atoms. The van der Waals surface area contributed by atoms with Gasteiger partial charge in [-0.1, -0.05) is 36.4 Å². The number of rotatable bonds is 4. The van der Waals surface area contributed by atoms with Crippen LogP contribution in [0.4, 0.5) is 10.8 Å². The van der Waals surface area contributed by atoms with E-state index in [-0.39, 0.29) is 0 Å². The van der Waals surface area contributed by atoms with Gasteiger partial charge in [-0.2, -0.15) is 0 Å². The molecule has 0 radical (unpaired) electrons. The van der Waals surface area contributed by atoms with Gasteiger partial charge >= 0.3 is 5.97 Å². The lowest BCUT2D eigenvalue weighted by molar-refractivity contribution is 0.0602. The fourth-order valence-electron chi connectivity index (χ4n) is 2.28. The number of aromatic nitrogens is 1. The number of aryl methyl sites for hydroxylation is 1. The first-order valence-corrected chi connectivity index (χ1v) is 9.07. The molecule has 26 heavy (non-hydrogen) atoms. The molecule has 0 amide bonds. The van der Waals surface area contributed by atoms with Crippen molar-refractivity contribution in [3.8, 4) is 10.4 Å². The molecule has 1 aromatic carbocycles. The summed E-state index contributed by atoms with van der Waals surface area (Å²) in [6.07, 6.45) is 1.75. The van der Waals surface area contributed by atoms with E-state index in [1.165, 1.54) is 18.4 Å². The van der Waals surface area contributed by atoms with E-state index in [0.29, 0.717) is 21.5 Å². The zero-order chi connectivity index (χ0) is 18.5. The predicted octanol–water partition coefficient (Wildman–Crippen LogP) is 4.71. The number of thiocarbonyl (C=S) groups is 1. The fourth-order valence-corrected chi connectivity index (χ4v) is 3.61. The van der Waals surface area contributed by atoms with Crippen LogP contribution in [0.25, 0.3) is 10.4 Å². The Morgan fingerprint density at radius 1 is 1.15 bits per heavy atom. The van der Waals surface area contributed by atoms with Crippen LogP contribution in [-0.4, -0.2) is 23.2 Å². The van der Waals surface area contributed by atoms with E-state index in [4.69, 9.17) is 17.0 Å². The van der Waals surface area contributed by atoms with Crippen LogP contribution < -0.4 is 10.6 Å². The molecule has 0 saturated carbocycles. The number of carbonyl (C=O) groups excluding carboxylic acids is 1. The molecule has 2 N–H and O–H groups in total. The van der Waals surface area contributed by atoms with E-state index >= 15 is 0 Å². The standard InChI is InChI=1S/C19H17N3O2S2/c1-12-8-9-16(20-11-12)21-19(25)22-17-14(18(23)24-2)10-15(26-17)13-6-4-3-5-7-13/h3-11H,1-2H3,(H2,20,21,22,25). The monoisotopic (exact) mass is 383 g/mol. The van der Waals surface area contributed by atoms with Crippen LogP contribution in [0.15, 0.2) is 54.7 Å². The highest BCUT2D eigenvalue weighted by Gasteiger charge is 2.18. The predicted molar refractivity (Wildman–Crippen MR) is 110 cm³/mol. The summed E-state index contributed by atoms with van der Waals surface area (Å²) in [6, 6.07) is 15.4. The third-order valence-electron chi connectivity index (χ3n) is 3.58. The summed E-state index contributed by atoms with van der Waals surface area (Å²) in [4.78, 5) is 17.3. The molecular formula is C19H17N3O2S2. The minimum absolute atomic E-state index is 0.355. The number of carbonyl (C=O) groups is 1. The van der Waals surface area contributed by atoms with Gasteiger partial charge in [-0.25, -0.2) is 9.78 Å². The molecule has 7 heteroatoms. The van der Waals surface area contributed by atoms with Crippen molar-refractivity contribution in [3.63, 3.8) is 0 Å². The molecule has 0 atom stereocenters. The lowest BCUT2D eigenvalue weighted by Gasteiger charge is -2.09. The molecule has 0 fully saturated rings. The lowest BCUT2D eigenvalue weighted by atomic mass is 10.1. The van der Waals surface area contributed by atoms with Crippen molar-refractivity contribution in [2.24, 2.45) is 0 Å². The topological polar surface area (TPSA) is 63.2 Å². The molecule has 3 rings (SSSR count). The third-order valence-corrected chi connectivity index (χ3v) is 4.88. The largest absolute Gasteiger partial charge is 0.465 e. The molecule has 5 nitrogen and oxygen atoms in total. The van der Waals surface area contributed by atoms with Gasteiger partial charge in [0.25, 0.3) is 0 Å². The second-order valence-electron chi connectivity index (χ2n) is 5.51. The van der Waals surface area contributed by atoms with Crippen molar-refractivity contribution in [1.82, 2.24) is 4.98 Å². The molecule has 0 saturated heterocycles. The van der Waals surface area contributed by atoms with Gasteiger partial charge in [0.15, 0.2) is 5.11 Å². The van der Waals surface area contributed by atoms with Gasteiger partial charge in [0.05, 0.1) is 12.7 Å². The number of nitrogens with zero attached hydrogens (tertiary/aromatic N) is 1. The van der Waals surface area contributed by atoms with Crippen molar-refractivity contribution in [2.75, 3.05) is 17.7 Å². The van der Waals surface area contributed by atoms with Crippen LogP contribution in [-0.2, 0) is 4.74 Å². The van der Waals surface area contributed by atoms with E-state index in [1.54, 1.807) is 12.3 Å². The molecule has 2 heterocycles. The van der Waals surface area contributed by atoms with Crippen molar-refractivity contribution >= 4 is 45.5 Å². The number of methoxy groups -OCH3 is 1. The summed E-state index contributed by atoms with van der Waals surface area (Å²) < 4.78 is 4.89. The maximum atomic E-state index is 12.1. The first-order valence-electron chi connectivity index (χ1n) is 7.85. The summed E-state index contributed by atoms with van der Waals surface area (Å²) in [5.74, 6) is 0.217. The Bertz CT molecular complexity index is 922. The number of hydrogen-bond donors (Lipinski definition) is 2. The van der Waals surface area contributed by atoms with Gasteiger partial charge in [0, 0.05) is 11.1 Å². The average Bonchev–Trinajstić information content (AvgIpc) is 3.07. The zero-order valence-electron chi connectivity index (χ0n) is 14.3. The normalized spacial score (nSPS) is 10.2. The molecule has 2 aromatic heterocycles. The van der Waals surface area contributed by atoms with Crippen molar-refractivity contribution in [3.05, 3.63) is 65.9 Å². The van der Waals surface area contributed by atoms with Gasteiger partial charge in [0.2, 0.25) is 0 Å². The second kappa shape index (κ2) is 8.07. The number of ether oxygens (including phenoxy) is 1. The summed E-state index contributed by atoms with van der Waals surface area (Å²) in [7, 11) is 1.36. The zero-order valence-corrected chi connectivity index (χ0v) is 15.9. The summed E-state index contributed by atoms with van der Waals surface area (Å²) >= 11 is 6.79. The number of nitrogens with one attached hydrogen (secondary N) is 2. The number of thiophene rings is 1. The van der Waals surface area contributed by atoms with Crippen LogP contribution >= 0.6 is 23.6 Å². The molecule has 0 aliphatic rings. The Balaban J connectivity index is 1.83. The number of anilines is 2. The maximum absolute atomic E-state index is 12.1. The second-order valence-corrected chi connectivity index (χ2v) is 6.97. The van der Waals surface area contributed by atoms with E-state index in [2.05, 4.69) is 15.6 Å². The van der Waals surface area contributed by atoms with Crippen molar-refractivity contribution in [1.29, 1.82) is 0 Å². The Labute approximate surface area is 161 Å². The summed E-state index contributed by atoms with van der Waals surface area (Å²) in [5.41, 5.74) is 2.53. The van der Waals surface area contributed by atoms with Gasteiger partial charge in [0.1, 0.15) is 10.8 Å². The van der Waals surface area contributed by atoms with E-state index < -0.39 is 5.97 Å². The Morgan fingerprint density at radius 3 is 2.58 bits per heavy atom. The van der Waals surface area contributed by atoms with E-state index in [0.717, 1.165) is 16.0 Å². The highest BCUT2D eigenvalue weighted by Crippen LogP contribution is 2.35. The van der Waals surface area contributed by atoms with E-state index in [1.807, 2.05) is 49.4 Å². The van der Waals surface area contributed by atoms with Crippen LogP contribution in [0.1, 0.15) is 15.9 Å². The minimum Gasteiger partial charge on any atom is -0.465 e. The van der Waals surface area contributed by atoms with Crippen LogP contribution in [0.2, 0.25) is 0 Å². The smallest absolute Gasteiger partial charge is 0.340 e. The Morgan fingerprint density at radius 2 is 1.92 bits per heavy atom. The van der Waals surface area contributed by atoms with Crippen LogP contribution in [0, 0.1) is 6.92 Å². The molecule has 3 aromatic rings.